The van der Waals surface area contributed by atoms with E-state index >= 15 is 0 Å². The quantitative estimate of drug-likeness (QED) is 0.464. The van der Waals surface area contributed by atoms with E-state index in [1.807, 2.05) is 78.9 Å². The molecule has 4 aromatic rings. The summed E-state index contributed by atoms with van der Waals surface area (Å²) >= 11 is 5.26. The van der Waals surface area contributed by atoms with Crippen LogP contribution in [0.25, 0.3) is 22.6 Å². The summed E-state index contributed by atoms with van der Waals surface area (Å²) in [6.07, 6.45) is 1.04. The van der Waals surface area contributed by atoms with Gasteiger partial charge in [-0.2, -0.15) is 0 Å². The van der Waals surface area contributed by atoms with Crippen LogP contribution in [0.1, 0.15) is 12.0 Å². The molecular formula is C23H19N3O2S. The zero-order valence-corrected chi connectivity index (χ0v) is 16.4. The van der Waals surface area contributed by atoms with Gasteiger partial charge in [0.05, 0.1) is 0 Å². The third kappa shape index (κ3) is 4.86. The lowest BCUT2D eigenvalue weighted by molar-refractivity contribution is -0.119. The first-order valence-electron chi connectivity index (χ1n) is 9.28. The number of aromatic nitrogens is 1. The third-order valence-electron chi connectivity index (χ3n) is 4.40. The van der Waals surface area contributed by atoms with Gasteiger partial charge < -0.3 is 15.1 Å². The highest BCUT2D eigenvalue weighted by Crippen LogP contribution is 2.26. The lowest BCUT2D eigenvalue weighted by Crippen LogP contribution is -2.34. The molecule has 0 bridgehead atoms. The Labute approximate surface area is 173 Å². The summed E-state index contributed by atoms with van der Waals surface area (Å²) in [6, 6.07) is 25.1. The molecular weight excluding hydrogens is 382 g/mol. The van der Waals surface area contributed by atoms with E-state index in [0.29, 0.717) is 29.8 Å². The Kier molecular flexibility index (Phi) is 5.63. The van der Waals surface area contributed by atoms with E-state index in [1.54, 1.807) is 0 Å². The topological polar surface area (TPSA) is 67.2 Å². The van der Waals surface area contributed by atoms with Crippen LogP contribution >= 0.6 is 12.2 Å². The minimum Gasteiger partial charge on any atom is -0.436 e. The number of fused-ring (bicyclic) bond motifs is 1. The Balaban J connectivity index is 1.37. The van der Waals surface area contributed by atoms with Gasteiger partial charge in [-0.15, -0.1) is 0 Å². The standard InChI is InChI=1S/C23H19N3O2S/c27-21(14-11-16-7-3-1-4-8-16)26-23(29)24-18-12-13-20-19(15-18)25-22(28-20)17-9-5-2-6-10-17/h1-10,12-13,15H,11,14H2,(H2,24,26,27,29). The van der Waals surface area contributed by atoms with Crippen LogP contribution < -0.4 is 10.6 Å². The molecule has 0 fully saturated rings. The second-order valence-electron chi connectivity index (χ2n) is 6.56. The van der Waals surface area contributed by atoms with Crippen molar-refractivity contribution in [1.82, 2.24) is 10.3 Å². The van der Waals surface area contributed by atoms with Gasteiger partial charge in [0.1, 0.15) is 5.52 Å². The SMILES string of the molecule is O=C(CCc1ccccc1)NC(=S)Nc1ccc2oc(-c3ccccc3)nc2c1. The van der Waals surface area contributed by atoms with Crippen molar-refractivity contribution in [3.05, 3.63) is 84.4 Å². The molecule has 0 aliphatic heterocycles. The van der Waals surface area contributed by atoms with Gasteiger partial charge in [-0.1, -0.05) is 48.5 Å². The summed E-state index contributed by atoms with van der Waals surface area (Å²) in [5.41, 5.74) is 4.17. The zero-order valence-electron chi connectivity index (χ0n) is 15.6. The number of aryl methyl sites for hydroxylation is 1. The molecule has 0 radical (unpaired) electrons. The molecule has 5 nitrogen and oxygen atoms in total. The molecule has 0 saturated heterocycles. The number of thiocarbonyl (C=S) groups is 1. The van der Waals surface area contributed by atoms with Crippen LogP contribution in [0.4, 0.5) is 5.69 Å². The predicted octanol–water partition coefficient (Wildman–Crippen LogP) is 4.94. The van der Waals surface area contributed by atoms with E-state index in [9.17, 15) is 4.79 Å². The number of carbonyl (C=O) groups is 1. The van der Waals surface area contributed by atoms with E-state index in [1.165, 1.54) is 0 Å². The van der Waals surface area contributed by atoms with Gasteiger partial charge in [0.15, 0.2) is 10.7 Å². The van der Waals surface area contributed by atoms with Crippen molar-refractivity contribution in [2.24, 2.45) is 0 Å². The number of anilines is 1. The Morgan fingerprint density at radius 1 is 0.966 bits per heavy atom. The van der Waals surface area contributed by atoms with Crippen molar-refractivity contribution in [1.29, 1.82) is 0 Å². The molecule has 0 aliphatic carbocycles. The first-order valence-corrected chi connectivity index (χ1v) is 9.69. The second kappa shape index (κ2) is 8.67. The molecule has 3 aromatic carbocycles. The Hall–Kier alpha value is -3.51. The summed E-state index contributed by atoms with van der Waals surface area (Å²) < 4.78 is 5.81. The lowest BCUT2D eigenvalue weighted by Gasteiger charge is -2.09. The number of rotatable bonds is 5. The number of oxazole rings is 1. The molecule has 6 heteroatoms. The fourth-order valence-corrected chi connectivity index (χ4v) is 3.20. The van der Waals surface area contributed by atoms with E-state index in [0.717, 1.165) is 16.8 Å². The molecule has 0 aliphatic rings. The van der Waals surface area contributed by atoms with E-state index < -0.39 is 0 Å². The lowest BCUT2D eigenvalue weighted by atomic mass is 10.1. The van der Waals surface area contributed by atoms with Gasteiger partial charge in [0, 0.05) is 17.7 Å². The fraction of sp³-hybridized carbons (Fsp3) is 0.0870. The average Bonchev–Trinajstić information content (AvgIpc) is 3.17. The molecule has 0 spiro atoms. The highest BCUT2D eigenvalue weighted by atomic mass is 32.1. The monoisotopic (exact) mass is 401 g/mol. The first-order chi connectivity index (χ1) is 14.2. The van der Waals surface area contributed by atoms with Gasteiger partial charge in [-0.05, 0) is 54.5 Å². The van der Waals surface area contributed by atoms with Crippen molar-refractivity contribution in [2.75, 3.05) is 5.32 Å². The maximum absolute atomic E-state index is 12.1. The molecule has 4 rings (SSSR count). The van der Waals surface area contributed by atoms with Crippen LogP contribution in [-0.4, -0.2) is 16.0 Å². The number of nitrogens with zero attached hydrogens (tertiary/aromatic N) is 1. The summed E-state index contributed by atoms with van der Waals surface area (Å²) in [4.78, 5) is 16.7. The zero-order chi connectivity index (χ0) is 20.1. The minimum atomic E-state index is -0.125. The molecule has 1 aromatic heterocycles. The molecule has 29 heavy (non-hydrogen) atoms. The number of benzene rings is 3. The molecule has 0 unspecified atom stereocenters. The number of nitrogens with one attached hydrogen (secondary N) is 2. The molecule has 0 atom stereocenters. The largest absolute Gasteiger partial charge is 0.436 e. The minimum absolute atomic E-state index is 0.125. The van der Waals surface area contributed by atoms with Gasteiger partial charge in [-0.3, -0.25) is 4.79 Å². The van der Waals surface area contributed by atoms with E-state index in [4.69, 9.17) is 16.6 Å². The van der Waals surface area contributed by atoms with E-state index in [2.05, 4.69) is 15.6 Å². The highest BCUT2D eigenvalue weighted by molar-refractivity contribution is 7.80. The highest BCUT2D eigenvalue weighted by Gasteiger charge is 2.10. The van der Waals surface area contributed by atoms with Crippen LogP contribution in [0.15, 0.2) is 83.3 Å². The van der Waals surface area contributed by atoms with Crippen molar-refractivity contribution >= 4 is 40.0 Å². The van der Waals surface area contributed by atoms with Gasteiger partial charge in [0.25, 0.3) is 0 Å². The molecule has 2 N–H and O–H groups in total. The van der Waals surface area contributed by atoms with Crippen LogP contribution in [0.2, 0.25) is 0 Å². The number of hydrogen-bond donors (Lipinski definition) is 2. The predicted molar refractivity (Wildman–Crippen MR) is 119 cm³/mol. The first kappa shape index (κ1) is 18.8. The van der Waals surface area contributed by atoms with Gasteiger partial charge >= 0.3 is 0 Å². The normalized spacial score (nSPS) is 10.6. The molecule has 1 amide bonds. The summed E-state index contributed by atoms with van der Waals surface area (Å²) in [6.45, 7) is 0. The Bertz CT molecular complexity index is 1140. The van der Waals surface area contributed by atoms with Crippen LogP contribution in [-0.2, 0) is 11.2 Å². The average molecular weight is 401 g/mol. The number of carbonyl (C=O) groups excluding carboxylic acids is 1. The van der Waals surface area contributed by atoms with Crippen LogP contribution in [0, 0.1) is 0 Å². The second-order valence-corrected chi connectivity index (χ2v) is 6.96. The molecule has 0 saturated carbocycles. The van der Waals surface area contributed by atoms with Crippen molar-refractivity contribution in [2.45, 2.75) is 12.8 Å². The van der Waals surface area contributed by atoms with Crippen molar-refractivity contribution in [3.63, 3.8) is 0 Å². The number of hydrogen-bond acceptors (Lipinski definition) is 4. The third-order valence-corrected chi connectivity index (χ3v) is 4.61. The Morgan fingerprint density at radius 2 is 1.69 bits per heavy atom. The fourth-order valence-electron chi connectivity index (χ4n) is 2.96. The van der Waals surface area contributed by atoms with Crippen LogP contribution in [0.5, 0.6) is 0 Å². The Morgan fingerprint density at radius 3 is 2.45 bits per heavy atom. The van der Waals surface area contributed by atoms with Crippen molar-refractivity contribution in [3.8, 4) is 11.5 Å². The van der Waals surface area contributed by atoms with Crippen LogP contribution in [0.3, 0.4) is 0 Å². The maximum Gasteiger partial charge on any atom is 0.227 e. The molecule has 1 heterocycles. The maximum atomic E-state index is 12.1. The summed E-state index contributed by atoms with van der Waals surface area (Å²) in [5, 5.41) is 6.00. The smallest absolute Gasteiger partial charge is 0.227 e. The van der Waals surface area contributed by atoms with Crippen molar-refractivity contribution < 1.29 is 9.21 Å². The van der Waals surface area contributed by atoms with E-state index in [-0.39, 0.29) is 11.0 Å². The van der Waals surface area contributed by atoms with Gasteiger partial charge in [0.2, 0.25) is 11.8 Å². The van der Waals surface area contributed by atoms with Gasteiger partial charge in [-0.25, -0.2) is 4.98 Å². The molecule has 144 valence electrons. The summed E-state index contributed by atoms with van der Waals surface area (Å²) in [5.74, 6) is 0.440. The number of amides is 1. The summed E-state index contributed by atoms with van der Waals surface area (Å²) in [7, 11) is 0.